The van der Waals surface area contributed by atoms with E-state index in [1.807, 2.05) is 0 Å². The molecule has 0 heterocycles. The van der Waals surface area contributed by atoms with E-state index in [4.69, 9.17) is 9.47 Å². The van der Waals surface area contributed by atoms with Crippen molar-refractivity contribution in [2.24, 2.45) is 0 Å². The van der Waals surface area contributed by atoms with Crippen LogP contribution < -0.4 is 5.32 Å². The molecule has 0 radical (unpaired) electrons. The molecule has 0 aromatic heterocycles. The van der Waals surface area contributed by atoms with Gasteiger partial charge in [0.2, 0.25) is 0 Å². The summed E-state index contributed by atoms with van der Waals surface area (Å²) in [6.45, 7) is 10.3. The highest BCUT2D eigenvalue weighted by atomic mass is 16.6. The minimum Gasteiger partial charge on any atom is -0.460 e. The van der Waals surface area contributed by atoms with Gasteiger partial charge in [-0.15, -0.1) is 0 Å². The molecule has 6 nitrogen and oxygen atoms in total. The average molecular weight is 287 g/mol. The molecule has 0 rings (SSSR count). The van der Waals surface area contributed by atoms with Crippen LogP contribution in [-0.4, -0.2) is 35.6 Å². The van der Waals surface area contributed by atoms with Gasteiger partial charge in [-0.1, -0.05) is 0 Å². The first-order chi connectivity index (χ1) is 8.89. The summed E-state index contributed by atoms with van der Waals surface area (Å²) in [5.74, 6) is -0.676. The number of Topliss-reactive ketones (excluding diaryl/α,β-unsaturated/α-hetero) is 1. The Hall–Kier alpha value is -1.59. The monoisotopic (exact) mass is 287 g/mol. The molecule has 0 saturated carbocycles. The molecule has 6 heteroatoms. The van der Waals surface area contributed by atoms with E-state index in [0.29, 0.717) is 0 Å². The molecule has 0 aliphatic rings. The zero-order valence-corrected chi connectivity index (χ0v) is 13.2. The first-order valence-corrected chi connectivity index (χ1v) is 6.59. The quantitative estimate of drug-likeness (QED) is 0.784. The Morgan fingerprint density at radius 1 is 0.850 bits per heavy atom. The lowest BCUT2D eigenvalue weighted by atomic mass is 10.2. The van der Waals surface area contributed by atoms with Gasteiger partial charge in [-0.2, -0.15) is 0 Å². The van der Waals surface area contributed by atoms with Gasteiger partial charge in [0.05, 0.1) is 13.0 Å². The fourth-order valence-corrected chi connectivity index (χ4v) is 1.21. The van der Waals surface area contributed by atoms with Crippen LogP contribution in [0.15, 0.2) is 0 Å². The fraction of sp³-hybridized carbons (Fsp3) is 0.786. The van der Waals surface area contributed by atoms with Crippen LogP contribution in [0, 0.1) is 0 Å². The molecule has 0 bridgehead atoms. The largest absolute Gasteiger partial charge is 0.460 e. The van der Waals surface area contributed by atoms with Gasteiger partial charge in [-0.05, 0) is 41.5 Å². The molecule has 116 valence electrons. The van der Waals surface area contributed by atoms with Crippen LogP contribution >= 0.6 is 0 Å². The molecule has 0 spiro atoms. The molecule has 0 aromatic carbocycles. The molecule has 1 N–H and O–H groups in total. The smallest absolute Gasteiger partial charge is 0.408 e. The first-order valence-electron chi connectivity index (χ1n) is 6.59. The zero-order chi connectivity index (χ0) is 16.0. The number of ether oxygens (including phenoxy) is 2. The average Bonchev–Trinajstić information content (AvgIpc) is 2.18. The number of nitrogens with one attached hydrogen (secondary N) is 1. The van der Waals surface area contributed by atoms with Crippen molar-refractivity contribution in [1.82, 2.24) is 5.32 Å². The van der Waals surface area contributed by atoms with E-state index in [0.717, 1.165) is 0 Å². The van der Waals surface area contributed by atoms with Crippen LogP contribution in [0.3, 0.4) is 0 Å². The van der Waals surface area contributed by atoms with E-state index >= 15 is 0 Å². The summed E-state index contributed by atoms with van der Waals surface area (Å²) in [5, 5.41) is 2.35. The first kappa shape index (κ1) is 18.4. The molecule has 0 aliphatic heterocycles. The SMILES string of the molecule is CC(C)(C)OC(=O)CCC(=O)CNC(=O)OC(C)(C)C. The molecule has 0 aliphatic carbocycles. The molecule has 0 fully saturated rings. The van der Waals surface area contributed by atoms with Gasteiger partial charge in [0.25, 0.3) is 0 Å². The third kappa shape index (κ3) is 11.5. The summed E-state index contributed by atoms with van der Waals surface area (Å²) >= 11 is 0. The topological polar surface area (TPSA) is 81.7 Å². The molecule has 20 heavy (non-hydrogen) atoms. The standard InChI is InChI=1S/C14H25NO5/c1-13(2,3)19-11(17)8-7-10(16)9-15-12(18)20-14(4,5)6/h7-9H2,1-6H3,(H,15,18). The number of carbonyl (C=O) groups excluding carboxylic acids is 3. The second kappa shape index (κ2) is 7.26. The second-order valence-corrected chi connectivity index (χ2v) is 6.48. The highest BCUT2D eigenvalue weighted by molar-refractivity contribution is 5.86. The number of hydrogen-bond acceptors (Lipinski definition) is 5. The lowest BCUT2D eigenvalue weighted by Crippen LogP contribution is -2.35. The summed E-state index contributed by atoms with van der Waals surface area (Å²) in [7, 11) is 0. The highest BCUT2D eigenvalue weighted by Crippen LogP contribution is 2.09. The van der Waals surface area contributed by atoms with Gasteiger partial charge in [0.1, 0.15) is 11.2 Å². The number of esters is 1. The Kier molecular flexibility index (Phi) is 6.68. The van der Waals surface area contributed by atoms with E-state index < -0.39 is 23.3 Å². The Bertz CT molecular complexity index is 329. The van der Waals surface area contributed by atoms with Gasteiger partial charge < -0.3 is 14.8 Å². The lowest BCUT2D eigenvalue weighted by molar-refractivity contribution is -0.155. The number of amides is 1. The Morgan fingerprint density at radius 2 is 1.35 bits per heavy atom. The molecule has 0 aromatic rings. The number of alkyl carbamates (subject to hydrolysis) is 1. The van der Waals surface area contributed by atoms with E-state index in [1.54, 1.807) is 41.5 Å². The molecule has 0 saturated heterocycles. The Labute approximate surface area is 120 Å². The number of hydrogen-bond donors (Lipinski definition) is 1. The van der Waals surface area contributed by atoms with E-state index in [9.17, 15) is 14.4 Å². The van der Waals surface area contributed by atoms with Crippen molar-refractivity contribution in [2.75, 3.05) is 6.54 Å². The van der Waals surface area contributed by atoms with Crippen molar-refractivity contribution in [1.29, 1.82) is 0 Å². The summed E-state index contributed by atoms with van der Waals surface area (Å²) in [6, 6.07) is 0. The van der Waals surface area contributed by atoms with Crippen molar-refractivity contribution >= 4 is 17.8 Å². The summed E-state index contributed by atoms with van der Waals surface area (Å²) in [6.07, 6.45) is -0.611. The van der Waals surface area contributed by atoms with Crippen molar-refractivity contribution < 1.29 is 23.9 Å². The minimum atomic E-state index is -0.650. The van der Waals surface area contributed by atoms with Crippen molar-refractivity contribution in [3.05, 3.63) is 0 Å². The number of ketones is 1. The third-order valence-electron chi connectivity index (χ3n) is 1.86. The Morgan fingerprint density at radius 3 is 1.80 bits per heavy atom. The maximum absolute atomic E-state index is 11.5. The highest BCUT2D eigenvalue weighted by Gasteiger charge is 2.18. The minimum absolute atomic E-state index is 0.00605. The van der Waals surface area contributed by atoms with Crippen molar-refractivity contribution in [3.8, 4) is 0 Å². The normalized spacial score (nSPS) is 11.7. The number of rotatable bonds is 5. The van der Waals surface area contributed by atoms with Gasteiger partial charge in [-0.3, -0.25) is 9.59 Å². The molecule has 0 unspecified atom stereocenters. The number of carbonyl (C=O) groups is 3. The zero-order valence-electron chi connectivity index (χ0n) is 13.2. The van der Waals surface area contributed by atoms with Crippen LogP contribution in [0.25, 0.3) is 0 Å². The van der Waals surface area contributed by atoms with Crippen molar-refractivity contribution in [3.63, 3.8) is 0 Å². The molecular weight excluding hydrogens is 262 g/mol. The predicted octanol–water partition coefficient (Wildman–Crippen LogP) is 2.20. The van der Waals surface area contributed by atoms with Gasteiger partial charge in [0.15, 0.2) is 5.78 Å². The predicted molar refractivity (Wildman–Crippen MR) is 74.3 cm³/mol. The Balaban J connectivity index is 3.91. The van der Waals surface area contributed by atoms with Crippen LogP contribution in [0.1, 0.15) is 54.4 Å². The maximum Gasteiger partial charge on any atom is 0.408 e. The van der Waals surface area contributed by atoms with E-state index in [-0.39, 0.29) is 25.2 Å². The third-order valence-corrected chi connectivity index (χ3v) is 1.86. The molecule has 1 amide bonds. The van der Waals surface area contributed by atoms with Crippen LogP contribution in [0.5, 0.6) is 0 Å². The summed E-state index contributed by atoms with van der Waals surface area (Å²) in [4.78, 5) is 34.2. The van der Waals surface area contributed by atoms with Gasteiger partial charge in [-0.25, -0.2) is 4.79 Å². The maximum atomic E-state index is 11.5. The van der Waals surface area contributed by atoms with Gasteiger partial charge in [0, 0.05) is 6.42 Å². The van der Waals surface area contributed by atoms with Crippen LogP contribution in [-0.2, 0) is 19.1 Å². The summed E-state index contributed by atoms with van der Waals surface area (Å²) in [5.41, 5.74) is -1.17. The van der Waals surface area contributed by atoms with E-state index in [2.05, 4.69) is 5.32 Å². The van der Waals surface area contributed by atoms with Crippen LogP contribution in [0.4, 0.5) is 4.79 Å². The van der Waals surface area contributed by atoms with Gasteiger partial charge >= 0.3 is 12.1 Å². The van der Waals surface area contributed by atoms with E-state index in [1.165, 1.54) is 0 Å². The molecule has 0 atom stereocenters. The summed E-state index contributed by atoms with van der Waals surface area (Å²) < 4.78 is 10.1. The van der Waals surface area contributed by atoms with Crippen LogP contribution in [0.2, 0.25) is 0 Å². The second-order valence-electron chi connectivity index (χ2n) is 6.48. The van der Waals surface area contributed by atoms with Crippen molar-refractivity contribution in [2.45, 2.75) is 65.6 Å². The fourth-order valence-electron chi connectivity index (χ4n) is 1.21. The lowest BCUT2D eigenvalue weighted by Gasteiger charge is -2.20. The molecular formula is C14H25NO5.